The Morgan fingerprint density at radius 1 is 0.964 bits per heavy atom. The average molecular weight is 398 g/mol. The van der Waals surface area contributed by atoms with Gasteiger partial charge >= 0.3 is 6.18 Å². The minimum atomic E-state index is -4.50. The van der Waals surface area contributed by atoms with Crippen LogP contribution in [0.1, 0.15) is 15.9 Å². The van der Waals surface area contributed by atoms with Crippen LogP contribution in [0.3, 0.4) is 0 Å². The number of aromatic nitrogens is 1. The number of nitrogens with zero attached hydrogens (tertiary/aromatic N) is 1. The fraction of sp³-hybridized carbons (Fsp3) is 0.0476. The molecule has 0 unspecified atom stereocenters. The molecule has 0 aliphatic carbocycles. The molecule has 0 saturated carbocycles. The van der Waals surface area contributed by atoms with Gasteiger partial charge in [-0.15, -0.1) is 11.3 Å². The van der Waals surface area contributed by atoms with Crippen LogP contribution in [0.5, 0.6) is 0 Å². The van der Waals surface area contributed by atoms with Gasteiger partial charge in [0, 0.05) is 16.5 Å². The molecule has 0 bridgehead atoms. The molecule has 4 aromatic rings. The van der Waals surface area contributed by atoms with Gasteiger partial charge in [-0.05, 0) is 29.0 Å². The summed E-state index contributed by atoms with van der Waals surface area (Å²) in [5, 5.41) is 6.81. The highest BCUT2D eigenvalue weighted by molar-refractivity contribution is 7.14. The van der Waals surface area contributed by atoms with E-state index in [4.69, 9.17) is 0 Å². The monoisotopic (exact) mass is 398 g/mol. The third kappa shape index (κ3) is 3.61. The SMILES string of the molecule is O=C(Nc1nc(-c2cccc3ccccc23)cs1)c1cccc(C(F)(F)F)c1. The van der Waals surface area contributed by atoms with Gasteiger partial charge in [0.25, 0.3) is 5.91 Å². The highest BCUT2D eigenvalue weighted by Crippen LogP contribution is 2.32. The van der Waals surface area contributed by atoms with Crippen molar-refractivity contribution < 1.29 is 18.0 Å². The predicted molar refractivity (Wildman–Crippen MR) is 104 cm³/mol. The van der Waals surface area contributed by atoms with Gasteiger partial charge in [-0.3, -0.25) is 10.1 Å². The molecule has 0 atom stereocenters. The lowest BCUT2D eigenvalue weighted by molar-refractivity contribution is -0.137. The van der Waals surface area contributed by atoms with E-state index in [-0.39, 0.29) is 5.56 Å². The number of benzene rings is 3. The Balaban J connectivity index is 1.59. The average Bonchev–Trinajstić information content (AvgIpc) is 3.15. The van der Waals surface area contributed by atoms with Crippen LogP contribution in [0.15, 0.2) is 72.1 Å². The van der Waals surface area contributed by atoms with E-state index in [0.29, 0.717) is 10.8 Å². The number of anilines is 1. The summed E-state index contributed by atoms with van der Waals surface area (Å²) in [5.74, 6) is -0.634. The first kappa shape index (κ1) is 18.2. The first-order valence-electron chi connectivity index (χ1n) is 8.34. The smallest absolute Gasteiger partial charge is 0.298 e. The fourth-order valence-electron chi connectivity index (χ4n) is 2.91. The van der Waals surface area contributed by atoms with Gasteiger partial charge in [-0.2, -0.15) is 13.2 Å². The molecule has 0 spiro atoms. The van der Waals surface area contributed by atoms with Gasteiger partial charge in [0.2, 0.25) is 0 Å². The number of halogens is 3. The summed E-state index contributed by atoms with van der Waals surface area (Å²) < 4.78 is 38.5. The maximum absolute atomic E-state index is 12.8. The van der Waals surface area contributed by atoms with Crippen molar-refractivity contribution in [1.82, 2.24) is 4.98 Å². The zero-order valence-corrected chi connectivity index (χ0v) is 15.1. The number of hydrogen-bond donors (Lipinski definition) is 1. The van der Waals surface area contributed by atoms with Crippen LogP contribution in [0, 0.1) is 0 Å². The minimum absolute atomic E-state index is 0.0725. The lowest BCUT2D eigenvalue weighted by Gasteiger charge is -2.08. The van der Waals surface area contributed by atoms with E-state index in [9.17, 15) is 18.0 Å². The summed E-state index contributed by atoms with van der Waals surface area (Å²) in [4.78, 5) is 16.8. The highest BCUT2D eigenvalue weighted by Gasteiger charge is 2.31. The normalized spacial score (nSPS) is 11.5. The number of rotatable bonds is 3. The molecule has 0 aliphatic rings. The van der Waals surface area contributed by atoms with Crippen LogP contribution < -0.4 is 5.32 Å². The number of carbonyl (C=O) groups excluding carboxylic acids is 1. The van der Waals surface area contributed by atoms with E-state index in [1.54, 1.807) is 0 Å². The van der Waals surface area contributed by atoms with E-state index in [1.165, 1.54) is 23.5 Å². The molecule has 0 fully saturated rings. The Bertz CT molecular complexity index is 1160. The van der Waals surface area contributed by atoms with Crippen LogP contribution in [-0.4, -0.2) is 10.9 Å². The second-order valence-corrected chi connectivity index (χ2v) is 6.96. The summed E-state index contributed by atoms with van der Waals surface area (Å²) in [6.45, 7) is 0. The van der Waals surface area contributed by atoms with E-state index in [2.05, 4.69) is 10.3 Å². The number of amides is 1. The maximum Gasteiger partial charge on any atom is 0.416 e. The number of thiazole rings is 1. The van der Waals surface area contributed by atoms with Crippen molar-refractivity contribution in [2.24, 2.45) is 0 Å². The highest BCUT2D eigenvalue weighted by atomic mass is 32.1. The quantitative estimate of drug-likeness (QED) is 0.444. The van der Waals surface area contributed by atoms with E-state index in [0.717, 1.165) is 28.5 Å². The largest absolute Gasteiger partial charge is 0.416 e. The van der Waals surface area contributed by atoms with Crippen LogP contribution in [0.25, 0.3) is 22.0 Å². The topological polar surface area (TPSA) is 42.0 Å². The van der Waals surface area contributed by atoms with Crippen LogP contribution >= 0.6 is 11.3 Å². The molecule has 1 amide bonds. The lowest BCUT2D eigenvalue weighted by Crippen LogP contribution is -2.13. The zero-order chi connectivity index (χ0) is 19.7. The van der Waals surface area contributed by atoms with Gasteiger partial charge in [0.05, 0.1) is 11.3 Å². The molecule has 4 rings (SSSR count). The predicted octanol–water partition coefficient (Wildman–Crippen LogP) is 6.23. The van der Waals surface area contributed by atoms with Crippen LogP contribution in [0.4, 0.5) is 18.3 Å². The van der Waals surface area contributed by atoms with Crippen molar-refractivity contribution in [1.29, 1.82) is 0 Å². The van der Waals surface area contributed by atoms with E-state index < -0.39 is 17.6 Å². The maximum atomic E-state index is 12.8. The molecule has 1 aromatic heterocycles. The molecule has 3 aromatic carbocycles. The molecule has 0 radical (unpaired) electrons. The molecule has 140 valence electrons. The standard InChI is InChI=1S/C21H13F3N2OS/c22-21(23,24)15-8-3-7-14(11-15)19(27)26-20-25-18(12-28-20)17-10-4-6-13-5-1-2-9-16(13)17/h1-12H,(H,25,26,27). The minimum Gasteiger partial charge on any atom is -0.298 e. The summed E-state index contributed by atoms with van der Waals surface area (Å²) in [6, 6.07) is 18.1. The lowest BCUT2D eigenvalue weighted by atomic mass is 10.0. The fourth-order valence-corrected chi connectivity index (χ4v) is 3.62. The van der Waals surface area contributed by atoms with Crippen LogP contribution in [0.2, 0.25) is 0 Å². The molecule has 1 heterocycles. The Morgan fingerprint density at radius 2 is 1.71 bits per heavy atom. The Hall–Kier alpha value is -3.19. The van der Waals surface area contributed by atoms with Gasteiger partial charge in [0.15, 0.2) is 5.13 Å². The molecule has 3 nitrogen and oxygen atoms in total. The number of hydrogen-bond acceptors (Lipinski definition) is 3. The van der Waals surface area contributed by atoms with Gasteiger partial charge < -0.3 is 0 Å². The van der Waals surface area contributed by atoms with Gasteiger partial charge in [-0.25, -0.2) is 4.98 Å². The Morgan fingerprint density at radius 3 is 2.54 bits per heavy atom. The molecule has 0 saturated heterocycles. The second-order valence-electron chi connectivity index (χ2n) is 6.10. The number of carbonyl (C=O) groups is 1. The summed E-state index contributed by atoms with van der Waals surface area (Å²) in [7, 11) is 0. The Labute approximate surface area is 162 Å². The van der Waals surface area contributed by atoms with Crippen molar-refractivity contribution >= 4 is 33.1 Å². The number of alkyl halides is 3. The third-order valence-corrected chi connectivity index (χ3v) is 5.00. The van der Waals surface area contributed by atoms with Gasteiger partial charge in [0.1, 0.15) is 0 Å². The molecular formula is C21H13F3N2OS. The summed E-state index contributed by atoms with van der Waals surface area (Å²) in [6.07, 6.45) is -4.50. The number of nitrogens with one attached hydrogen (secondary N) is 1. The van der Waals surface area contributed by atoms with Crippen molar-refractivity contribution in [2.45, 2.75) is 6.18 Å². The molecule has 1 N–H and O–H groups in total. The molecule has 0 aliphatic heterocycles. The molecule has 28 heavy (non-hydrogen) atoms. The van der Waals surface area contributed by atoms with Crippen molar-refractivity contribution in [3.63, 3.8) is 0 Å². The first-order valence-corrected chi connectivity index (χ1v) is 9.22. The molecule has 7 heteroatoms. The summed E-state index contributed by atoms with van der Waals surface area (Å²) >= 11 is 1.22. The summed E-state index contributed by atoms with van der Waals surface area (Å²) in [5.41, 5.74) is 0.683. The third-order valence-electron chi connectivity index (χ3n) is 4.24. The van der Waals surface area contributed by atoms with Gasteiger partial charge in [-0.1, -0.05) is 48.5 Å². The molecular weight excluding hydrogens is 385 g/mol. The van der Waals surface area contributed by atoms with Crippen LogP contribution in [-0.2, 0) is 6.18 Å². The zero-order valence-electron chi connectivity index (χ0n) is 14.3. The van der Waals surface area contributed by atoms with E-state index >= 15 is 0 Å². The number of fused-ring (bicyclic) bond motifs is 1. The van der Waals surface area contributed by atoms with E-state index in [1.807, 2.05) is 47.8 Å². The van der Waals surface area contributed by atoms with Crippen molar-refractivity contribution in [3.05, 3.63) is 83.2 Å². The van der Waals surface area contributed by atoms with Crippen molar-refractivity contribution in [2.75, 3.05) is 5.32 Å². The van der Waals surface area contributed by atoms with Crippen molar-refractivity contribution in [3.8, 4) is 11.3 Å². The first-order chi connectivity index (χ1) is 13.4. The Kier molecular flexibility index (Phi) is 4.60. The second kappa shape index (κ2) is 7.09.